The average Bonchev–Trinajstić information content (AvgIpc) is 2.77. The van der Waals surface area contributed by atoms with Crippen LogP contribution in [-0.4, -0.2) is 44.4 Å². The molecule has 0 bridgehead atoms. The molecule has 0 fully saturated rings. The minimum atomic E-state index is -3.43. The van der Waals surface area contributed by atoms with E-state index in [4.69, 9.17) is 4.74 Å². The molecule has 3 aromatic rings. The number of aromatic nitrogens is 1. The summed E-state index contributed by atoms with van der Waals surface area (Å²) in [5, 5.41) is 5.72. The number of methoxy groups -OCH3 is 1. The van der Waals surface area contributed by atoms with Gasteiger partial charge in [-0.25, -0.2) is 18.2 Å². The largest absolute Gasteiger partial charge is 0.465 e. The molecule has 0 spiro atoms. The van der Waals surface area contributed by atoms with Crippen LogP contribution in [0.3, 0.4) is 0 Å². The van der Waals surface area contributed by atoms with Crippen molar-refractivity contribution in [2.75, 3.05) is 29.8 Å². The van der Waals surface area contributed by atoms with Gasteiger partial charge >= 0.3 is 5.97 Å². The Kier molecular flexibility index (Phi) is 7.21. The van der Waals surface area contributed by atoms with Crippen molar-refractivity contribution in [3.05, 3.63) is 78.0 Å². The first kappa shape index (κ1) is 23.0. The second-order valence-corrected chi connectivity index (χ2v) is 9.25. The molecule has 2 aromatic carbocycles. The Morgan fingerprint density at radius 2 is 1.72 bits per heavy atom. The van der Waals surface area contributed by atoms with Gasteiger partial charge in [0, 0.05) is 19.0 Å². The molecule has 0 saturated carbocycles. The van der Waals surface area contributed by atoms with Crippen molar-refractivity contribution in [1.82, 2.24) is 4.98 Å². The highest BCUT2D eigenvalue weighted by Gasteiger charge is 2.14. The van der Waals surface area contributed by atoms with Crippen molar-refractivity contribution in [2.45, 2.75) is 6.54 Å². The van der Waals surface area contributed by atoms with E-state index in [0.717, 1.165) is 22.9 Å². The van der Waals surface area contributed by atoms with Crippen molar-refractivity contribution in [3.63, 3.8) is 0 Å². The summed E-state index contributed by atoms with van der Waals surface area (Å²) in [4.78, 5) is 28.2. The predicted molar refractivity (Wildman–Crippen MR) is 123 cm³/mol. The number of anilines is 2. The second kappa shape index (κ2) is 10.1. The third-order valence-corrected chi connectivity index (χ3v) is 5.32. The number of hydrogen-bond donors (Lipinski definition) is 2. The molecule has 1 amide bonds. The molecule has 0 radical (unpaired) electrons. The van der Waals surface area contributed by atoms with Gasteiger partial charge in [-0.15, -0.1) is 0 Å². The molecule has 8 nitrogen and oxygen atoms in total. The van der Waals surface area contributed by atoms with Gasteiger partial charge in [0.25, 0.3) is 0 Å². The van der Waals surface area contributed by atoms with Gasteiger partial charge < -0.3 is 15.4 Å². The standard InChI is InChI=1S/C23H23N3O5S/c1-31-23(28)19-7-4-3-6-18(19)17-11-9-16(10-12-17)14-25-22-20(8-5-13-24-22)26-21(27)15-32(2,29)30/h3-13H,14-15H2,1-2H3,(H,24,25)(H,26,27). The summed E-state index contributed by atoms with van der Waals surface area (Å²) in [5.41, 5.74) is 3.48. The van der Waals surface area contributed by atoms with E-state index in [0.29, 0.717) is 23.6 Å². The lowest BCUT2D eigenvalue weighted by molar-refractivity contribution is -0.113. The van der Waals surface area contributed by atoms with Crippen molar-refractivity contribution in [3.8, 4) is 11.1 Å². The van der Waals surface area contributed by atoms with E-state index in [9.17, 15) is 18.0 Å². The third-order valence-electron chi connectivity index (χ3n) is 4.53. The highest BCUT2D eigenvalue weighted by Crippen LogP contribution is 2.25. The van der Waals surface area contributed by atoms with E-state index in [2.05, 4.69) is 15.6 Å². The monoisotopic (exact) mass is 453 g/mol. The molecule has 166 valence electrons. The molecule has 0 atom stereocenters. The van der Waals surface area contributed by atoms with E-state index in [1.165, 1.54) is 7.11 Å². The average molecular weight is 454 g/mol. The van der Waals surface area contributed by atoms with Gasteiger partial charge in [-0.3, -0.25) is 4.79 Å². The number of nitrogens with one attached hydrogen (secondary N) is 2. The molecule has 2 N–H and O–H groups in total. The summed E-state index contributed by atoms with van der Waals surface area (Å²) in [6.07, 6.45) is 2.57. The maximum absolute atomic E-state index is 12.0. The Labute approximate surface area is 186 Å². The predicted octanol–water partition coefficient (Wildman–Crippen LogP) is 3.13. The lowest BCUT2D eigenvalue weighted by Gasteiger charge is -2.12. The van der Waals surface area contributed by atoms with Crippen LogP contribution >= 0.6 is 0 Å². The van der Waals surface area contributed by atoms with E-state index >= 15 is 0 Å². The summed E-state index contributed by atoms with van der Waals surface area (Å²) in [6, 6.07) is 18.2. The van der Waals surface area contributed by atoms with Crippen LogP contribution in [0.4, 0.5) is 11.5 Å². The first-order chi connectivity index (χ1) is 15.3. The Bertz CT molecular complexity index is 1220. The molecule has 32 heavy (non-hydrogen) atoms. The Morgan fingerprint density at radius 1 is 1.00 bits per heavy atom. The molecule has 1 heterocycles. The minimum absolute atomic E-state index is 0.393. The van der Waals surface area contributed by atoms with E-state index in [-0.39, 0.29) is 0 Å². The van der Waals surface area contributed by atoms with Crippen LogP contribution in [0.2, 0.25) is 0 Å². The zero-order valence-electron chi connectivity index (χ0n) is 17.7. The van der Waals surface area contributed by atoms with E-state index in [1.807, 2.05) is 36.4 Å². The molecule has 0 aliphatic heterocycles. The zero-order chi connectivity index (χ0) is 23.1. The molecular formula is C23H23N3O5S. The number of benzene rings is 2. The van der Waals surface area contributed by atoms with Gasteiger partial charge in [-0.1, -0.05) is 42.5 Å². The Balaban J connectivity index is 1.71. The molecule has 0 aliphatic rings. The number of rotatable bonds is 8. The maximum atomic E-state index is 12.0. The van der Waals surface area contributed by atoms with Crippen molar-refractivity contribution >= 4 is 33.2 Å². The van der Waals surface area contributed by atoms with E-state index < -0.39 is 27.5 Å². The highest BCUT2D eigenvalue weighted by atomic mass is 32.2. The quantitative estimate of drug-likeness (QED) is 0.504. The number of amides is 1. The van der Waals surface area contributed by atoms with Crippen LogP contribution in [-0.2, 0) is 25.9 Å². The number of nitrogens with zero attached hydrogens (tertiary/aromatic N) is 1. The van der Waals surface area contributed by atoms with Crippen molar-refractivity contribution < 1.29 is 22.7 Å². The molecule has 3 rings (SSSR count). The minimum Gasteiger partial charge on any atom is -0.465 e. The number of sulfone groups is 1. The normalized spacial score (nSPS) is 10.9. The lowest BCUT2D eigenvalue weighted by atomic mass is 9.99. The molecule has 1 aromatic heterocycles. The number of carbonyl (C=O) groups excluding carboxylic acids is 2. The highest BCUT2D eigenvalue weighted by molar-refractivity contribution is 7.91. The van der Waals surface area contributed by atoms with Crippen molar-refractivity contribution in [1.29, 1.82) is 0 Å². The fourth-order valence-electron chi connectivity index (χ4n) is 3.08. The van der Waals surface area contributed by atoms with Gasteiger partial charge in [0.05, 0.1) is 18.4 Å². The number of carbonyl (C=O) groups is 2. The Morgan fingerprint density at radius 3 is 2.41 bits per heavy atom. The molecular weight excluding hydrogens is 430 g/mol. The van der Waals surface area contributed by atoms with Crippen LogP contribution in [0, 0.1) is 0 Å². The number of ether oxygens (including phenoxy) is 1. The first-order valence-electron chi connectivity index (χ1n) is 9.70. The first-order valence-corrected chi connectivity index (χ1v) is 11.8. The van der Waals surface area contributed by atoms with E-state index in [1.54, 1.807) is 30.5 Å². The molecule has 9 heteroatoms. The zero-order valence-corrected chi connectivity index (χ0v) is 18.5. The van der Waals surface area contributed by atoms with Crippen molar-refractivity contribution in [2.24, 2.45) is 0 Å². The summed E-state index contributed by atoms with van der Waals surface area (Å²) in [7, 11) is -2.08. The fourth-order valence-corrected chi connectivity index (χ4v) is 3.63. The van der Waals surface area contributed by atoms with Crippen LogP contribution in [0.5, 0.6) is 0 Å². The smallest absolute Gasteiger partial charge is 0.338 e. The van der Waals surface area contributed by atoms with Crippen LogP contribution < -0.4 is 10.6 Å². The Hall–Kier alpha value is -3.72. The van der Waals surface area contributed by atoms with Gasteiger partial charge in [-0.05, 0) is 34.9 Å². The van der Waals surface area contributed by atoms with Gasteiger partial charge in [0.2, 0.25) is 5.91 Å². The fraction of sp³-hybridized carbons (Fsp3) is 0.174. The summed E-state index contributed by atoms with van der Waals surface area (Å²) < 4.78 is 27.5. The third kappa shape index (κ3) is 6.14. The number of esters is 1. The molecule has 0 aliphatic carbocycles. The second-order valence-electron chi connectivity index (χ2n) is 7.11. The maximum Gasteiger partial charge on any atom is 0.338 e. The van der Waals surface area contributed by atoms with Crippen LogP contribution in [0.25, 0.3) is 11.1 Å². The summed E-state index contributed by atoms with van der Waals surface area (Å²) >= 11 is 0. The topological polar surface area (TPSA) is 114 Å². The van der Waals surface area contributed by atoms with Gasteiger partial charge in [-0.2, -0.15) is 0 Å². The SMILES string of the molecule is COC(=O)c1ccccc1-c1ccc(CNc2ncccc2NC(=O)CS(C)(=O)=O)cc1. The van der Waals surface area contributed by atoms with Gasteiger partial charge in [0.15, 0.2) is 9.84 Å². The van der Waals surface area contributed by atoms with Crippen LogP contribution in [0.15, 0.2) is 66.9 Å². The van der Waals surface area contributed by atoms with Gasteiger partial charge in [0.1, 0.15) is 11.6 Å². The summed E-state index contributed by atoms with van der Waals surface area (Å²) in [6.45, 7) is 0.422. The summed E-state index contributed by atoms with van der Waals surface area (Å²) in [5.74, 6) is -1.20. The molecule has 0 unspecified atom stereocenters. The molecule has 0 saturated heterocycles. The number of hydrogen-bond acceptors (Lipinski definition) is 7. The lowest BCUT2D eigenvalue weighted by Crippen LogP contribution is -2.22. The number of pyridine rings is 1. The van der Waals surface area contributed by atoms with Crippen LogP contribution in [0.1, 0.15) is 15.9 Å².